The first-order chi connectivity index (χ1) is 15.8. The Labute approximate surface area is 188 Å². The molecule has 3 aliphatic rings. The maximum absolute atomic E-state index is 13.2. The SMILES string of the molecule is CC1=CC(=O)C2=C(C[C@@H]3C(=CCn4c(=O)n(C)c(=O)n43)[C@@H]2c2ccccc2OCCO)C1=O. The van der Waals surface area contributed by atoms with Crippen molar-refractivity contribution in [2.45, 2.75) is 31.8 Å². The highest BCUT2D eigenvalue weighted by atomic mass is 16.5. The lowest BCUT2D eigenvalue weighted by atomic mass is 9.68. The number of nitrogens with zero attached hydrogens (tertiary/aromatic N) is 3. The van der Waals surface area contributed by atoms with Crippen LogP contribution < -0.4 is 16.1 Å². The van der Waals surface area contributed by atoms with E-state index in [9.17, 15) is 24.3 Å². The molecule has 33 heavy (non-hydrogen) atoms. The van der Waals surface area contributed by atoms with Gasteiger partial charge in [0.15, 0.2) is 11.6 Å². The molecule has 0 spiro atoms. The minimum absolute atomic E-state index is 0.0711. The highest BCUT2D eigenvalue weighted by Gasteiger charge is 2.45. The van der Waals surface area contributed by atoms with Crippen molar-refractivity contribution in [2.24, 2.45) is 7.05 Å². The number of carbonyl (C=O) groups is 2. The number of Topliss-reactive ketones (excluding diaryl/α,β-unsaturated/α-hetero) is 1. The zero-order chi connectivity index (χ0) is 23.4. The number of aromatic nitrogens is 3. The minimum Gasteiger partial charge on any atom is -0.491 e. The van der Waals surface area contributed by atoms with E-state index in [2.05, 4.69) is 0 Å². The molecule has 9 heteroatoms. The van der Waals surface area contributed by atoms with E-state index >= 15 is 0 Å². The van der Waals surface area contributed by atoms with Gasteiger partial charge in [-0.25, -0.2) is 23.5 Å². The smallest absolute Gasteiger partial charge is 0.347 e. The molecule has 0 saturated carbocycles. The second kappa shape index (κ2) is 7.70. The lowest BCUT2D eigenvalue weighted by molar-refractivity contribution is -0.116. The molecule has 9 nitrogen and oxygen atoms in total. The van der Waals surface area contributed by atoms with Crippen molar-refractivity contribution in [1.82, 2.24) is 13.9 Å². The van der Waals surface area contributed by atoms with E-state index in [1.807, 2.05) is 18.2 Å². The van der Waals surface area contributed by atoms with Gasteiger partial charge in [-0.3, -0.25) is 9.59 Å². The van der Waals surface area contributed by atoms with E-state index in [4.69, 9.17) is 4.74 Å². The van der Waals surface area contributed by atoms with Crippen LogP contribution in [0.2, 0.25) is 0 Å². The Morgan fingerprint density at radius 1 is 1.12 bits per heavy atom. The fraction of sp³-hybridized carbons (Fsp3) is 0.333. The van der Waals surface area contributed by atoms with Gasteiger partial charge in [0.2, 0.25) is 0 Å². The zero-order valence-electron chi connectivity index (χ0n) is 18.3. The van der Waals surface area contributed by atoms with E-state index in [0.29, 0.717) is 28.0 Å². The van der Waals surface area contributed by atoms with E-state index in [-0.39, 0.29) is 37.7 Å². The fourth-order valence-corrected chi connectivity index (χ4v) is 5.12. The third kappa shape index (κ3) is 3.03. The number of allylic oxidation sites excluding steroid dienone is 6. The summed E-state index contributed by atoms with van der Waals surface area (Å²) in [6.45, 7) is 1.68. The van der Waals surface area contributed by atoms with Crippen molar-refractivity contribution in [1.29, 1.82) is 0 Å². The van der Waals surface area contributed by atoms with Crippen molar-refractivity contribution in [3.63, 3.8) is 0 Å². The van der Waals surface area contributed by atoms with Gasteiger partial charge < -0.3 is 9.84 Å². The maximum Gasteiger partial charge on any atom is 0.347 e. The molecular formula is C24H23N3O6. The summed E-state index contributed by atoms with van der Waals surface area (Å²) in [5.41, 5.74) is 1.64. The summed E-state index contributed by atoms with van der Waals surface area (Å²) in [4.78, 5) is 51.9. The summed E-state index contributed by atoms with van der Waals surface area (Å²) in [7, 11) is 1.42. The van der Waals surface area contributed by atoms with Gasteiger partial charge in [0, 0.05) is 41.7 Å². The third-order valence-corrected chi connectivity index (χ3v) is 6.60. The van der Waals surface area contributed by atoms with Crippen LogP contribution in [0.25, 0.3) is 0 Å². The highest BCUT2D eigenvalue weighted by molar-refractivity contribution is 6.23. The predicted molar refractivity (Wildman–Crippen MR) is 118 cm³/mol. The molecule has 2 heterocycles. The summed E-state index contributed by atoms with van der Waals surface area (Å²) in [6, 6.07) is 6.59. The molecule has 0 amide bonds. The van der Waals surface area contributed by atoms with Gasteiger partial charge in [0.25, 0.3) is 0 Å². The molecule has 2 atom stereocenters. The van der Waals surface area contributed by atoms with Gasteiger partial charge in [-0.05, 0) is 24.6 Å². The Balaban J connectivity index is 1.77. The van der Waals surface area contributed by atoms with E-state index < -0.39 is 23.3 Å². The van der Waals surface area contributed by atoms with Crippen LogP contribution in [-0.4, -0.2) is 43.8 Å². The van der Waals surface area contributed by atoms with Crippen LogP contribution >= 0.6 is 0 Å². The first-order valence-corrected chi connectivity index (χ1v) is 10.8. The summed E-state index contributed by atoms with van der Waals surface area (Å²) < 4.78 is 9.57. The molecule has 0 radical (unpaired) electrons. The summed E-state index contributed by atoms with van der Waals surface area (Å²) in [5, 5.41) is 9.25. The number of rotatable bonds is 4. The number of hydrogen-bond donors (Lipinski definition) is 1. The Kier molecular flexibility index (Phi) is 4.93. The third-order valence-electron chi connectivity index (χ3n) is 6.60. The van der Waals surface area contributed by atoms with E-state index in [1.165, 1.54) is 22.5 Å². The molecular weight excluding hydrogens is 426 g/mol. The molecule has 1 aromatic heterocycles. The average molecular weight is 449 g/mol. The van der Waals surface area contributed by atoms with Gasteiger partial charge in [0.05, 0.1) is 19.2 Å². The molecule has 0 bridgehead atoms. The van der Waals surface area contributed by atoms with Crippen molar-refractivity contribution in [2.75, 3.05) is 13.2 Å². The van der Waals surface area contributed by atoms with Crippen LogP contribution in [0, 0.1) is 0 Å². The standard InChI is InChI=1S/C24H23N3O6/c1-13-11-18(29)21-16(22(13)30)12-17-14(7-8-26-23(31)25(2)24(32)27(17)26)20(21)15-5-3-4-6-19(15)33-10-9-28/h3-7,11,17,20,28H,8-10,12H2,1-2H3/t17-,20-/m1/s1. The molecule has 1 aliphatic heterocycles. The molecule has 2 aromatic rings. The second-order valence-electron chi connectivity index (χ2n) is 8.43. The largest absolute Gasteiger partial charge is 0.491 e. The van der Waals surface area contributed by atoms with Crippen LogP contribution in [0.5, 0.6) is 5.75 Å². The number of benzene rings is 1. The quantitative estimate of drug-likeness (QED) is 0.545. The Morgan fingerprint density at radius 2 is 1.88 bits per heavy atom. The number of aliphatic hydroxyl groups is 1. The molecule has 1 aromatic carbocycles. The fourth-order valence-electron chi connectivity index (χ4n) is 5.12. The van der Waals surface area contributed by atoms with Crippen LogP contribution in [-0.2, 0) is 23.2 Å². The Hall–Kier alpha value is -3.72. The number of para-hydroxylation sites is 1. The van der Waals surface area contributed by atoms with Crippen LogP contribution in [0.1, 0.15) is 30.9 Å². The van der Waals surface area contributed by atoms with Crippen molar-refractivity contribution >= 4 is 11.6 Å². The topological polar surface area (TPSA) is 113 Å². The van der Waals surface area contributed by atoms with E-state index in [1.54, 1.807) is 19.1 Å². The van der Waals surface area contributed by atoms with Crippen LogP contribution in [0.3, 0.4) is 0 Å². The number of hydrogen-bond acceptors (Lipinski definition) is 6. The van der Waals surface area contributed by atoms with Crippen molar-refractivity contribution in [3.05, 3.63) is 85.2 Å². The van der Waals surface area contributed by atoms with Crippen LogP contribution in [0.4, 0.5) is 0 Å². The number of ether oxygens (including phenoxy) is 1. The van der Waals surface area contributed by atoms with Crippen molar-refractivity contribution in [3.8, 4) is 5.75 Å². The molecule has 2 aliphatic carbocycles. The number of carbonyl (C=O) groups excluding carboxylic acids is 2. The number of aliphatic hydroxyl groups excluding tert-OH is 1. The first kappa shape index (κ1) is 21.1. The minimum atomic E-state index is -0.620. The zero-order valence-corrected chi connectivity index (χ0v) is 18.3. The van der Waals surface area contributed by atoms with Gasteiger partial charge in [0.1, 0.15) is 12.4 Å². The van der Waals surface area contributed by atoms with Gasteiger partial charge in [-0.1, -0.05) is 24.3 Å². The summed E-state index contributed by atoms with van der Waals surface area (Å²) in [5.74, 6) is -0.608. The molecule has 170 valence electrons. The first-order valence-electron chi connectivity index (χ1n) is 10.8. The lowest BCUT2D eigenvalue weighted by Gasteiger charge is -2.40. The summed E-state index contributed by atoms with van der Waals surface area (Å²) in [6.07, 6.45) is 3.38. The molecule has 5 rings (SSSR count). The Morgan fingerprint density at radius 3 is 2.64 bits per heavy atom. The monoisotopic (exact) mass is 449 g/mol. The normalized spacial score (nSPS) is 21.8. The molecule has 1 N–H and O–H groups in total. The van der Waals surface area contributed by atoms with Gasteiger partial charge in [-0.2, -0.15) is 0 Å². The second-order valence-corrected chi connectivity index (χ2v) is 8.43. The van der Waals surface area contributed by atoms with E-state index in [0.717, 1.165) is 10.1 Å². The molecule has 0 fully saturated rings. The number of ketones is 2. The highest BCUT2D eigenvalue weighted by Crippen LogP contribution is 2.51. The average Bonchev–Trinajstić information content (AvgIpc) is 3.04. The van der Waals surface area contributed by atoms with Gasteiger partial charge >= 0.3 is 11.4 Å². The van der Waals surface area contributed by atoms with Crippen LogP contribution in [0.15, 0.2) is 68.3 Å². The van der Waals surface area contributed by atoms with Gasteiger partial charge in [-0.15, -0.1) is 0 Å². The molecule has 0 unspecified atom stereocenters. The predicted octanol–water partition coefficient (Wildman–Crippen LogP) is 0.783. The summed E-state index contributed by atoms with van der Waals surface area (Å²) >= 11 is 0. The molecule has 0 saturated heterocycles. The van der Waals surface area contributed by atoms with Crippen molar-refractivity contribution < 1.29 is 19.4 Å². The number of fused-ring (bicyclic) bond motifs is 3. The Bertz CT molecular complexity index is 1410. The maximum atomic E-state index is 13.2. The lowest BCUT2D eigenvalue weighted by Crippen LogP contribution is -2.40.